The van der Waals surface area contributed by atoms with Gasteiger partial charge in [0.25, 0.3) is 5.91 Å². The zero-order chi connectivity index (χ0) is 17.8. The minimum Gasteiger partial charge on any atom is -0.324 e. The molecule has 0 atom stereocenters. The Balaban J connectivity index is 1.68. The van der Waals surface area contributed by atoms with Gasteiger partial charge in [-0.3, -0.25) is 4.79 Å². The van der Waals surface area contributed by atoms with Gasteiger partial charge in [-0.15, -0.1) is 0 Å². The van der Waals surface area contributed by atoms with Gasteiger partial charge in [-0.2, -0.15) is 0 Å². The highest BCUT2D eigenvalue weighted by Gasteiger charge is 2.08. The number of halogens is 1. The molecule has 3 rings (SSSR count). The molecule has 126 valence electrons. The highest BCUT2D eigenvalue weighted by molar-refractivity contribution is 9.10. The van der Waals surface area contributed by atoms with E-state index < -0.39 is 0 Å². The Kier molecular flexibility index (Phi) is 5.09. The first-order chi connectivity index (χ1) is 12.0. The van der Waals surface area contributed by atoms with Crippen LogP contribution >= 0.6 is 15.9 Å². The lowest BCUT2D eigenvalue weighted by molar-refractivity contribution is 0.102. The summed E-state index contributed by atoms with van der Waals surface area (Å²) in [5.41, 5.74) is 4.35. The van der Waals surface area contributed by atoms with E-state index in [-0.39, 0.29) is 5.91 Å². The molecular weight excluding hydrogens is 380 g/mol. The van der Waals surface area contributed by atoms with E-state index in [9.17, 15) is 4.79 Å². The van der Waals surface area contributed by atoms with Crippen LogP contribution < -0.4 is 10.6 Å². The molecule has 0 radical (unpaired) electrons. The van der Waals surface area contributed by atoms with Crippen molar-refractivity contribution in [2.24, 2.45) is 0 Å². The Hall–Kier alpha value is -2.73. The van der Waals surface area contributed by atoms with Crippen LogP contribution in [0.5, 0.6) is 0 Å². The summed E-state index contributed by atoms with van der Waals surface area (Å²) < 4.78 is 0.954. The molecule has 0 saturated carbocycles. The van der Waals surface area contributed by atoms with Crippen molar-refractivity contribution >= 4 is 39.2 Å². The lowest BCUT2D eigenvalue weighted by atomic mass is 10.1. The molecule has 1 amide bonds. The van der Waals surface area contributed by atoms with E-state index in [1.807, 2.05) is 50.2 Å². The normalized spacial score (nSPS) is 10.4. The lowest BCUT2D eigenvalue weighted by Crippen LogP contribution is -2.13. The summed E-state index contributed by atoms with van der Waals surface area (Å²) in [6, 6.07) is 13.5. The number of anilines is 3. The summed E-state index contributed by atoms with van der Waals surface area (Å²) in [4.78, 5) is 20.7. The van der Waals surface area contributed by atoms with Crippen molar-refractivity contribution < 1.29 is 4.79 Å². The van der Waals surface area contributed by atoms with Gasteiger partial charge in [0.15, 0.2) is 0 Å². The molecule has 5 nitrogen and oxygen atoms in total. The topological polar surface area (TPSA) is 66.9 Å². The van der Waals surface area contributed by atoms with Gasteiger partial charge in [-0.25, -0.2) is 9.97 Å². The summed E-state index contributed by atoms with van der Waals surface area (Å²) in [5.74, 6) is 0.200. The molecule has 1 heterocycles. The third kappa shape index (κ3) is 4.64. The molecule has 25 heavy (non-hydrogen) atoms. The van der Waals surface area contributed by atoms with E-state index in [4.69, 9.17) is 0 Å². The van der Waals surface area contributed by atoms with E-state index in [0.717, 1.165) is 21.3 Å². The highest BCUT2D eigenvalue weighted by atomic mass is 79.9. The molecule has 2 N–H and O–H groups in total. The van der Waals surface area contributed by atoms with Crippen molar-refractivity contribution in [2.75, 3.05) is 10.6 Å². The molecular formula is C19H17BrN4O. The van der Waals surface area contributed by atoms with Gasteiger partial charge in [-0.1, -0.05) is 22.0 Å². The SMILES string of the molecule is Cc1cc(C)cc(Nc2ncc(C(=O)Nc3ccc(Br)cc3)cn2)c1. The molecule has 0 saturated heterocycles. The molecule has 0 unspecified atom stereocenters. The number of rotatable bonds is 4. The van der Waals surface area contributed by atoms with Gasteiger partial charge in [0, 0.05) is 28.2 Å². The fraction of sp³-hybridized carbons (Fsp3) is 0.105. The van der Waals surface area contributed by atoms with Gasteiger partial charge in [0.05, 0.1) is 5.56 Å². The minimum atomic E-state index is -0.250. The second-order valence-electron chi connectivity index (χ2n) is 5.76. The van der Waals surface area contributed by atoms with Crippen molar-refractivity contribution in [1.29, 1.82) is 0 Å². The molecule has 3 aromatic rings. The van der Waals surface area contributed by atoms with Crippen molar-refractivity contribution in [3.05, 3.63) is 76.0 Å². The average molecular weight is 397 g/mol. The maximum absolute atomic E-state index is 12.2. The maximum Gasteiger partial charge on any atom is 0.258 e. The Morgan fingerprint density at radius 2 is 1.52 bits per heavy atom. The number of aryl methyl sites for hydroxylation is 2. The van der Waals surface area contributed by atoms with Gasteiger partial charge in [0.1, 0.15) is 0 Å². The highest BCUT2D eigenvalue weighted by Crippen LogP contribution is 2.18. The molecule has 6 heteroatoms. The quantitative estimate of drug-likeness (QED) is 0.661. The summed E-state index contributed by atoms with van der Waals surface area (Å²) in [7, 11) is 0. The smallest absolute Gasteiger partial charge is 0.258 e. The second-order valence-corrected chi connectivity index (χ2v) is 6.67. The number of hydrogen-bond acceptors (Lipinski definition) is 4. The van der Waals surface area contributed by atoms with Crippen LogP contribution in [0.15, 0.2) is 59.3 Å². The van der Waals surface area contributed by atoms with E-state index in [1.54, 1.807) is 0 Å². The first-order valence-corrected chi connectivity index (χ1v) is 8.53. The fourth-order valence-corrected chi connectivity index (χ4v) is 2.69. The molecule has 0 bridgehead atoms. The average Bonchev–Trinajstić information content (AvgIpc) is 2.56. The Morgan fingerprint density at radius 3 is 2.12 bits per heavy atom. The number of aromatic nitrogens is 2. The lowest BCUT2D eigenvalue weighted by Gasteiger charge is -2.08. The second kappa shape index (κ2) is 7.44. The first kappa shape index (κ1) is 17.1. The monoisotopic (exact) mass is 396 g/mol. The maximum atomic E-state index is 12.2. The number of carbonyl (C=O) groups excluding carboxylic acids is 1. The van der Waals surface area contributed by atoms with Crippen LogP contribution in [0.25, 0.3) is 0 Å². The van der Waals surface area contributed by atoms with Crippen molar-refractivity contribution in [3.8, 4) is 0 Å². The van der Waals surface area contributed by atoms with E-state index in [1.165, 1.54) is 12.4 Å². The summed E-state index contributed by atoms with van der Waals surface area (Å²) in [6.45, 7) is 4.07. The molecule has 0 fully saturated rings. The van der Waals surface area contributed by atoms with Crippen LogP contribution in [0.3, 0.4) is 0 Å². The summed E-state index contributed by atoms with van der Waals surface area (Å²) >= 11 is 3.36. The van der Waals surface area contributed by atoms with Crippen molar-refractivity contribution in [2.45, 2.75) is 13.8 Å². The van der Waals surface area contributed by atoms with E-state index in [0.29, 0.717) is 17.2 Å². The van der Waals surface area contributed by atoms with E-state index >= 15 is 0 Å². The largest absolute Gasteiger partial charge is 0.324 e. The molecule has 0 aliphatic rings. The Labute approximate surface area is 154 Å². The Morgan fingerprint density at radius 1 is 0.920 bits per heavy atom. The number of nitrogens with zero attached hydrogens (tertiary/aromatic N) is 2. The van der Waals surface area contributed by atoms with Crippen molar-refractivity contribution in [3.63, 3.8) is 0 Å². The first-order valence-electron chi connectivity index (χ1n) is 7.74. The predicted molar refractivity (Wildman–Crippen MR) is 103 cm³/mol. The third-order valence-corrected chi connectivity index (χ3v) is 4.02. The third-order valence-electron chi connectivity index (χ3n) is 3.49. The number of nitrogens with one attached hydrogen (secondary N) is 2. The summed E-state index contributed by atoms with van der Waals surface area (Å²) in [5, 5.41) is 5.96. The number of amides is 1. The number of carbonyl (C=O) groups is 1. The van der Waals surface area contributed by atoms with Gasteiger partial charge in [-0.05, 0) is 61.4 Å². The van der Waals surface area contributed by atoms with Gasteiger partial charge < -0.3 is 10.6 Å². The standard InChI is InChI=1S/C19H17BrN4O/c1-12-7-13(2)9-17(8-12)24-19-21-10-14(11-22-19)18(25)23-16-5-3-15(20)4-6-16/h3-11H,1-2H3,(H,23,25)(H,21,22,24). The molecule has 1 aromatic heterocycles. The zero-order valence-corrected chi connectivity index (χ0v) is 15.5. The number of benzene rings is 2. The van der Waals surface area contributed by atoms with Crippen LogP contribution in [0.4, 0.5) is 17.3 Å². The van der Waals surface area contributed by atoms with Crippen LogP contribution in [0, 0.1) is 13.8 Å². The molecule has 0 aliphatic heterocycles. The zero-order valence-electron chi connectivity index (χ0n) is 13.9. The van der Waals surface area contributed by atoms with Crippen LogP contribution in [0.1, 0.15) is 21.5 Å². The predicted octanol–water partition coefficient (Wildman–Crippen LogP) is 4.85. The fourth-order valence-electron chi connectivity index (χ4n) is 2.42. The van der Waals surface area contributed by atoms with Crippen LogP contribution in [-0.4, -0.2) is 15.9 Å². The van der Waals surface area contributed by atoms with Crippen LogP contribution in [-0.2, 0) is 0 Å². The van der Waals surface area contributed by atoms with Gasteiger partial charge >= 0.3 is 0 Å². The molecule has 2 aromatic carbocycles. The number of hydrogen-bond donors (Lipinski definition) is 2. The van der Waals surface area contributed by atoms with Gasteiger partial charge in [0.2, 0.25) is 5.95 Å². The minimum absolute atomic E-state index is 0.250. The summed E-state index contributed by atoms with van der Waals surface area (Å²) in [6.07, 6.45) is 3.01. The molecule has 0 spiro atoms. The van der Waals surface area contributed by atoms with Crippen molar-refractivity contribution in [1.82, 2.24) is 9.97 Å². The van der Waals surface area contributed by atoms with E-state index in [2.05, 4.69) is 42.6 Å². The van der Waals surface area contributed by atoms with Crippen LogP contribution in [0.2, 0.25) is 0 Å². The molecule has 0 aliphatic carbocycles. The Bertz CT molecular complexity index is 872.